The van der Waals surface area contributed by atoms with Crippen LogP contribution in [0.3, 0.4) is 0 Å². The maximum absolute atomic E-state index is 13.5. The summed E-state index contributed by atoms with van der Waals surface area (Å²) in [5, 5.41) is 4.05. The molecule has 39 heavy (non-hydrogen) atoms. The number of nitrogens with one attached hydrogen (secondary N) is 1. The van der Waals surface area contributed by atoms with Crippen LogP contribution in [0.2, 0.25) is 0 Å². The van der Waals surface area contributed by atoms with Crippen LogP contribution in [-0.4, -0.2) is 38.5 Å². The van der Waals surface area contributed by atoms with Gasteiger partial charge in [0.2, 0.25) is 10.0 Å². The number of hydrogen-bond acceptors (Lipinski definition) is 6. The van der Waals surface area contributed by atoms with Gasteiger partial charge in [0.25, 0.3) is 5.91 Å². The monoisotopic (exact) mass is 543 g/mol. The van der Waals surface area contributed by atoms with Crippen molar-refractivity contribution in [3.63, 3.8) is 0 Å². The molecule has 0 spiro atoms. The lowest BCUT2D eigenvalue weighted by molar-refractivity contribution is -0.121. The zero-order valence-corrected chi connectivity index (χ0v) is 22.3. The second-order valence-electron chi connectivity index (χ2n) is 8.54. The van der Waals surface area contributed by atoms with Gasteiger partial charge < -0.3 is 9.47 Å². The third-order valence-corrected chi connectivity index (χ3v) is 7.57. The zero-order chi connectivity index (χ0) is 27.5. The Balaban J connectivity index is 1.45. The van der Waals surface area contributed by atoms with Crippen molar-refractivity contribution in [2.75, 3.05) is 13.7 Å². The largest absolute Gasteiger partial charge is 0.497 e. The summed E-state index contributed by atoms with van der Waals surface area (Å²) < 4.78 is 39.1. The van der Waals surface area contributed by atoms with E-state index < -0.39 is 22.5 Å². The number of ether oxygens (including phenoxy) is 2. The molecular weight excluding hydrogens is 514 g/mol. The fourth-order valence-corrected chi connectivity index (χ4v) is 5.12. The third kappa shape index (κ3) is 7.76. The molecule has 0 aliphatic rings. The van der Waals surface area contributed by atoms with E-state index in [-0.39, 0.29) is 11.4 Å². The Morgan fingerprint density at radius 1 is 0.846 bits per heavy atom. The molecule has 0 radical (unpaired) electrons. The molecule has 0 unspecified atom stereocenters. The SMILES string of the molecule is COc1ccc(S(=O)(=O)N(CC(=O)NN=Cc2ccccc2OCc2ccccc2)Cc2ccccc2)cc1. The number of para-hydroxylation sites is 1. The van der Waals surface area contributed by atoms with E-state index in [4.69, 9.17) is 9.47 Å². The molecule has 4 rings (SSSR count). The Hall–Kier alpha value is -4.47. The van der Waals surface area contributed by atoms with E-state index in [1.807, 2.05) is 72.8 Å². The molecule has 9 heteroatoms. The average molecular weight is 544 g/mol. The molecule has 4 aromatic rings. The Morgan fingerprint density at radius 3 is 2.13 bits per heavy atom. The number of benzene rings is 4. The van der Waals surface area contributed by atoms with Crippen molar-refractivity contribution in [2.45, 2.75) is 18.0 Å². The van der Waals surface area contributed by atoms with Gasteiger partial charge in [0, 0.05) is 12.1 Å². The highest BCUT2D eigenvalue weighted by Gasteiger charge is 2.27. The molecule has 200 valence electrons. The Kier molecular flexibility index (Phi) is 9.44. The molecule has 0 bridgehead atoms. The van der Waals surface area contributed by atoms with Gasteiger partial charge >= 0.3 is 0 Å². The summed E-state index contributed by atoms with van der Waals surface area (Å²) in [6.07, 6.45) is 1.47. The molecule has 0 atom stereocenters. The molecule has 4 aromatic carbocycles. The number of rotatable bonds is 12. The number of methoxy groups -OCH3 is 1. The van der Waals surface area contributed by atoms with Gasteiger partial charge in [-0.1, -0.05) is 72.8 Å². The lowest BCUT2D eigenvalue weighted by Gasteiger charge is -2.21. The Morgan fingerprint density at radius 2 is 1.46 bits per heavy atom. The normalized spacial score (nSPS) is 11.4. The van der Waals surface area contributed by atoms with Gasteiger partial charge in [-0.15, -0.1) is 0 Å². The number of amides is 1. The first-order valence-corrected chi connectivity index (χ1v) is 13.7. The minimum absolute atomic E-state index is 0.0164. The minimum atomic E-state index is -3.99. The predicted molar refractivity (Wildman–Crippen MR) is 150 cm³/mol. The van der Waals surface area contributed by atoms with Crippen LogP contribution in [0.1, 0.15) is 16.7 Å². The van der Waals surface area contributed by atoms with Crippen molar-refractivity contribution in [1.82, 2.24) is 9.73 Å². The second-order valence-corrected chi connectivity index (χ2v) is 10.5. The average Bonchev–Trinajstić information content (AvgIpc) is 2.97. The van der Waals surface area contributed by atoms with Crippen LogP contribution < -0.4 is 14.9 Å². The number of sulfonamides is 1. The van der Waals surface area contributed by atoms with Crippen LogP contribution >= 0.6 is 0 Å². The smallest absolute Gasteiger partial charge is 0.255 e. The van der Waals surface area contributed by atoms with E-state index in [0.29, 0.717) is 23.7 Å². The molecule has 0 aliphatic carbocycles. The predicted octanol–water partition coefficient (Wildman–Crippen LogP) is 4.62. The molecule has 0 heterocycles. The first-order valence-electron chi connectivity index (χ1n) is 12.2. The van der Waals surface area contributed by atoms with E-state index >= 15 is 0 Å². The highest BCUT2D eigenvalue weighted by atomic mass is 32.2. The van der Waals surface area contributed by atoms with Gasteiger partial charge in [-0.2, -0.15) is 9.41 Å². The van der Waals surface area contributed by atoms with Crippen molar-refractivity contribution < 1.29 is 22.7 Å². The van der Waals surface area contributed by atoms with Gasteiger partial charge in [0.05, 0.1) is 24.8 Å². The van der Waals surface area contributed by atoms with E-state index in [2.05, 4.69) is 10.5 Å². The lowest BCUT2D eigenvalue weighted by Crippen LogP contribution is -2.39. The minimum Gasteiger partial charge on any atom is -0.497 e. The number of nitrogens with zero attached hydrogens (tertiary/aromatic N) is 2. The molecule has 1 amide bonds. The summed E-state index contributed by atoms with van der Waals surface area (Å²) in [5.41, 5.74) is 4.87. The zero-order valence-electron chi connectivity index (χ0n) is 21.4. The fraction of sp³-hybridized carbons (Fsp3) is 0.133. The quantitative estimate of drug-likeness (QED) is 0.208. The molecule has 0 saturated heterocycles. The van der Waals surface area contributed by atoms with Crippen LogP contribution in [0.15, 0.2) is 119 Å². The van der Waals surface area contributed by atoms with E-state index in [9.17, 15) is 13.2 Å². The molecule has 8 nitrogen and oxygen atoms in total. The van der Waals surface area contributed by atoms with Gasteiger partial charge in [0.15, 0.2) is 0 Å². The van der Waals surface area contributed by atoms with Crippen LogP contribution in [0.4, 0.5) is 0 Å². The summed E-state index contributed by atoms with van der Waals surface area (Å²) in [4.78, 5) is 12.9. The maximum atomic E-state index is 13.5. The standard InChI is InChI=1S/C30H29N3O5S/c1-37-27-16-18-28(19-17-27)39(35,36)33(21-24-10-4-2-5-11-24)22-30(34)32-31-20-26-14-8-9-15-29(26)38-23-25-12-6-3-7-13-25/h2-20H,21-23H2,1H3,(H,32,34). The first-order chi connectivity index (χ1) is 19.0. The van der Waals surface area contributed by atoms with Crippen LogP contribution in [0.5, 0.6) is 11.5 Å². The van der Waals surface area contributed by atoms with Crippen LogP contribution in [0.25, 0.3) is 0 Å². The summed E-state index contributed by atoms with van der Waals surface area (Å²) >= 11 is 0. The molecule has 0 saturated carbocycles. The summed E-state index contributed by atoms with van der Waals surface area (Å²) in [7, 11) is -2.49. The third-order valence-electron chi connectivity index (χ3n) is 5.77. The van der Waals surface area contributed by atoms with Crippen molar-refractivity contribution in [3.8, 4) is 11.5 Å². The number of carbonyl (C=O) groups excluding carboxylic acids is 1. The molecule has 1 N–H and O–H groups in total. The summed E-state index contributed by atoms with van der Waals surface area (Å²) in [5.74, 6) is 0.553. The fourth-order valence-electron chi connectivity index (χ4n) is 3.73. The first kappa shape index (κ1) is 27.6. The van der Waals surface area contributed by atoms with Crippen LogP contribution in [0, 0.1) is 0 Å². The van der Waals surface area contributed by atoms with Crippen molar-refractivity contribution in [2.24, 2.45) is 5.10 Å². The number of hydrazone groups is 1. The molecule has 0 aliphatic heterocycles. The highest BCUT2D eigenvalue weighted by Crippen LogP contribution is 2.21. The topological polar surface area (TPSA) is 97.3 Å². The Labute approximate surface area is 228 Å². The molecular formula is C30H29N3O5S. The van der Waals surface area contributed by atoms with Crippen molar-refractivity contribution in [1.29, 1.82) is 0 Å². The highest BCUT2D eigenvalue weighted by molar-refractivity contribution is 7.89. The second kappa shape index (κ2) is 13.4. The van der Waals surface area contributed by atoms with Crippen molar-refractivity contribution >= 4 is 22.1 Å². The van der Waals surface area contributed by atoms with E-state index in [1.54, 1.807) is 24.3 Å². The van der Waals surface area contributed by atoms with E-state index in [0.717, 1.165) is 15.4 Å². The van der Waals surface area contributed by atoms with E-state index in [1.165, 1.54) is 25.5 Å². The molecule has 0 fully saturated rings. The summed E-state index contributed by atoms with van der Waals surface area (Å²) in [6.45, 7) is -0.0229. The van der Waals surface area contributed by atoms with Gasteiger partial charge in [-0.05, 0) is 47.5 Å². The summed E-state index contributed by atoms with van der Waals surface area (Å²) in [6, 6.07) is 32.2. The number of hydrogen-bond donors (Lipinski definition) is 1. The lowest BCUT2D eigenvalue weighted by atomic mass is 10.2. The maximum Gasteiger partial charge on any atom is 0.255 e. The van der Waals surface area contributed by atoms with Crippen molar-refractivity contribution in [3.05, 3.63) is 126 Å². The number of carbonyl (C=O) groups is 1. The Bertz CT molecular complexity index is 1490. The van der Waals surface area contributed by atoms with Gasteiger partial charge in [0.1, 0.15) is 18.1 Å². The van der Waals surface area contributed by atoms with Gasteiger partial charge in [-0.3, -0.25) is 4.79 Å². The molecule has 0 aromatic heterocycles. The van der Waals surface area contributed by atoms with Gasteiger partial charge in [-0.25, -0.2) is 13.8 Å². The van der Waals surface area contributed by atoms with Crippen LogP contribution in [-0.2, 0) is 28.0 Å².